The molecule has 1 amide bonds. The van der Waals surface area contributed by atoms with Gasteiger partial charge >= 0.3 is 0 Å². The number of thioether (sulfide) groups is 1. The van der Waals surface area contributed by atoms with Gasteiger partial charge in [-0.2, -0.15) is 11.8 Å². The van der Waals surface area contributed by atoms with E-state index in [4.69, 9.17) is 10.5 Å². The van der Waals surface area contributed by atoms with Crippen LogP contribution in [0.15, 0.2) is 0 Å². The molecule has 19 heavy (non-hydrogen) atoms. The summed E-state index contributed by atoms with van der Waals surface area (Å²) in [5.41, 5.74) is 5.58. The zero-order chi connectivity index (χ0) is 13.7. The molecule has 4 nitrogen and oxygen atoms in total. The molecule has 3 atom stereocenters. The van der Waals surface area contributed by atoms with Crippen LogP contribution in [-0.2, 0) is 9.53 Å². The second kappa shape index (κ2) is 7.50. The summed E-state index contributed by atoms with van der Waals surface area (Å²) in [5.74, 6) is 2.56. The van der Waals surface area contributed by atoms with E-state index in [0.29, 0.717) is 12.6 Å². The summed E-state index contributed by atoms with van der Waals surface area (Å²) in [6.45, 7) is 4.21. The maximum absolute atomic E-state index is 12.6. The van der Waals surface area contributed by atoms with Gasteiger partial charge in [0.25, 0.3) is 0 Å². The Morgan fingerprint density at radius 3 is 2.95 bits per heavy atom. The van der Waals surface area contributed by atoms with Crippen LogP contribution in [0, 0.1) is 5.92 Å². The van der Waals surface area contributed by atoms with Gasteiger partial charge in [0, 0.05) is 30.9 Å². The highest BCUT2D eigenvalue weighted by atomic mass is 32.2. The second-order valence-electron chi connectivity index (χ2n) is 5.62. The fourth-order valence-electron chi connectivity index (χ4n) is 2.85. The van der Waals surface area contributed by atoms with Crippen LogP contribution in [0.25, 0.3) is 0 Å². The number of hydrogen-bond donors (Lipinski definition) is 1. The number of amides is 1. The minimum absolute atomic E-state index is 0.0389. The lowest BCUT2D eigenvalue weighted by Gasteiger charge is -2.33. The first-order chi connectivity index (χ1) is 9.22. The maximum Gasteiger partial charge on any atom is 0.225 e. The van der Waals surface area contributed by atoms with Crippen molar-refractivity contribution in [3.05, 3.63) is 0 Å². The van der Waals surface area contributed by atoms with Crippen LogP contribution in [0.1, 0.15) is 32.6 Å². The molecule has 0 aromatic heterocycles. The molecule has 2 aliphatic heterocycles. The Morgan fingerprint density at radius 2 is 2.37 bits per heavy atom. The molecular formula is C14H26N2O2S. The number of rotatable bonds is 6. The lowest BCUT2D eigenvalue weighted by Crippen LogP contribution is -2.47. The monoisotopic (exact) mass is 286 g/mol. The fourth-order valence-corrected chi connectivity index (χ4v) is 4.08. The molecule has 2 heterocycles. The molecule has 0 spiro atoms. The van der Waals surface area contributed by atoms with Crippen molar-refractivity contribution in [2.75, 3.05) is 31.2 Å². The highest BCUT2D eigenvalue weighted by molar-refractivity contribution is 7.99. The number of nitrogens with two attached hydrogens (primary N) is 1. The molecule has 2 rings (SSSR count). The van der Waals surface area contributed by atoms with Gasteiger partial charge in [-0.15, -0.1) is 0 Å². The second-order valence-corrected chi connectivity index (χ2v) is 6.77. The predicted molar refractivity (Wildman–Crippen MR) is 79.3 cm³/mol. The first kappa shape index (κ1) is 15.1. The zero-order valence-corrected chi connectivity index (χ0v) is 12.7. The van der Waals surface area contributed by atoms with Gasteiger partial charge in [0.2, 0.25) is 5.91 Å². The van der Waals surface area contributed by atoms with Gasteiger partial charge in [0.05, 0.1) is 6.10 Å². The molecule has 2 saturated heterocycles. The van der Waals surface area contributed by atoms with Crippen molar-refractivity contribution in [2.24, 2.45) is 11.7 Å². The van der Waals surface area contributed by atoms with Gasteiger partial charge in [0.1, 0.15) is 0 Å². The van der Waals surface area contributed by atoms with E-state index >= 15 is 0 Å². The van der Waals surface area contributed by atoms with Gasteiger partial charge in [-0.05, 0) is 38.0 Å². The summed E-state index contributed by atoms with van der Waals surface area (Å²) >= 11 is 1.95. The lowest BCUT2D eigenvalue weighted by molar-refractivity contribution is -0.138. The third kappa shape index (κ3) is 4.10. The quantitative estimate of drug-likeness (QED) is 0.803. The molecule has 5 heteroatoms. The van der Waals surface area contributed by atoms with Crippen LogP contribution in [0.2, 0.25) is 0 Å². The summed E-state index contributed by atoms with van der Waals surface area (Å²) < 4.78 is 5.71. The highest BCUT2D eigenvalue weighted by Gasteiger charge is 2.32. The Labute approximate surface area is 120 Å². The van der Waals surface area contributed by atoms with Crippen LogP contribution >= 0.6 is 11.8 Å². The van der Waals surface area contributed by atoms with Crippen molar-refractivity contribution in [1.29, 1.82) is 0 Å². The van der Waals surface area contributed by atoms with E-state index in [1.165, 1.54) is 5.75 Å². The third-order valence-corrected chi connectivity index (χ3v) is 5.22. The number of ether oxygens (including phenoxy) is 1. The Hall–Kier alpha value is -0.260. The van der Waals surface area contributed by atoms with E-state index in [2.05, 4.69) is 4.90 Å². The van der Waals surface area contributed by atoms with Gasteiger partial charge in [-0.1, -0.05) is 6.92 Å². The van der Waals surface area contributed by atoms with Crippen LogP contribution < -0.4 is 5.73 Å². The van der Waals surface area contributed by atoms with Crippen molar-refractivity contribution in [2.45, 2.75) is 44.8 Å². The normalized spacial score (nSPS) is 28.5. The molecule has 0 aromatic carbocycles. The fraction of sp³-hybridized carbons (Fsp3) is 0.929. The van der Waals surface area contributed by atoms with E-state index in [1.807, 2.05) is 18.7 Å². The molecule has 2 aliphatic rings. The summed E-state index contributed by atoms with van der Waals surface area (Å²) in [5, 5.41) is 0. The Morgan fingerprint density at radius 1 is 1.53 bits per heavy atom. The summed E-state index contributed by atoms with van der Waals surface area (Å²) in [4.78, 5) is 14.7. The standard InChI is InChI=1S/C14H26N2O2S/c1-11(4-6-15)14(17)16(12-5-8-19-10-12)9-13-3-2-7-18-13/h11-13H,2-10,15H2,1H3. The third-order valence-electron chi connectivity index (χ3n) is 4.08. The van der Waals surface area contributed by atoms with Crippen LogP contribution in [0.3, 0.4) is 0 Å². The molecule has 3 unspecified atom stereocenters. The molecule has 0 radical (unpaired) electrons. The van der Waals surface area contributed by atoms with E-state index in [0.717, 1.165) is 44.6 Å². The van der Waals surface area contributed by atoms with Crippen molar-refractivity contribution in [3.8, 4) is 0 Å². The van der Waals surface area contributed by atoms with Crippen LogP contribution in [0.4, 0.5) is 0 Å². The van der Waals surface area contributed by atoms with Gasteiger partial charge in [0.15, 0.2) is 0 Å². The molecule has 0 aromatic rings. The number of hydrogen-bond acceptors (Lipinski definition) is 4. The SMILES string of the molecule is CC(CCN)C(=O)N(CC1CCCO1)C1CCSC1. The minimum Gasteiger partial charge on any atom is -0.376 e. The molecular weight excluding hydrogens is 260 g/mol. The van der Waals surface area contributed by atoms with Crippen molar-refractivity contribution < 1.29 is 9.53 Å². The minimum atomic E-state index is 0.0389. The average molecular weight is 286 g/mol. The van der Waals surface area contributed by atoms with Crippen molar-refractivity contribution in [3.63, 3.8) is 0 Å². The van der Waals surface area contributed by atoms with Crippen molar-refractivity contribution in [1.82, 2.24) is 4.90 Å². The lowest BCUT2D eigenvalue weighted by atomic mass is 10.0. The van der Waals surface area contributed by atoms with Crippen LogP contribution in [0.5, 0.6) is 0 Å². The summed E-state index contributed by atoms with van der Waals surface area (Å²) in [6.07, 6.45) is 4.37. The van der Waals surface area contributed by atoms with Gasteiger partial charge in [-0.3, -0.25) is 4.79 Å². The number of carbonyl (C=O) groups excluding carboxylic acids is 1. The Balaban J connectivity index is 1.97. The number of carbonyl (C=O) groups is 1. The summed E-state index contributed by atoms with van der Waals surface area (Å²) in [6, 6.07) is 0.405. The van der Waals surface area contributed by atoms with E-state index < -0.39 is 0 Å². The molecule has 110 valence electrons. The molecule has 2 fully saturated rings. The predicted octanol–water partition coefficient (Wildman–Crippen LogP) is 1.48. The largest absolute Gasteiger partial charge is 0.376 e. The van der Waals surface area contributed by atoms with Gasteiger partial charge < -0.3 is 15.4 Å². The Kier molecular flexibility index (Phi) is 5.98. The zero-order valence-electron chi connectivity index (χ0n) is 11.8. The summed E-state index contributed by atoms with van der Waals surface area (Å²) in [7, 11) is 0. The van der Waals surface area contributed by atoms with Gasteiger partial charge in [-0.25, -0.2) is 0 Å². The van der Waals surface area contributed by atoms with Crippen molar-refractivity contribution >= 4 is 17.7 Å². The molecule has 0 bridgehead atoms. The highest BCUT2D eigenvalue weighted by Crippen LogP contribution is 2.26. The number of nitrogens with zero attached hydrogens (tertiary/aromatic N) is 1. The topological polar surface area (TPSA) is 55.6 Å². The van der Waals surface area contributed by atoms with E-state index in [1.54, 1.807) is 0 Å². The van der Waals surface area contributed by atoms with Crippen LogP contribution in [-0.4, -0.2) is 54.2 Å². The smallest absolute Gasteiger partial charge is 0.225 e. The average Bonchev–Trinajstić information content (AvgIpc) is 3.08. The first-order valence-corrected chi connectivity index (χ1v) is 8.57. The van der Waals surface area contributed by atoms with E-state index in [-0.39, 0.29) is 17.9 Å². The molecule has 0 saturated carbocycles. The van der Waals surface area contributed by atoms with E-state index in [9.17, 15) is 4.79 Å². The molecule has 0 aliphatic carbocycles. The first-order valence-electron chi connectivity index (χ1n) is 7.42. The maximum atomic E-state index is 12.6. The molecule has 2 N–H and O–H groups in total. The Bertz CT molecular complexity index is 289.